The van der Waals surface area contributed by atoms with Gasteiger partial charge in [-0.1, -0.05) is 51.1 Å². The van der Waals surface area contributed by atoms with Crippen LogP contribution in [0.3, 0.4) is 0 Å². The normalized spacial score (nSPS) is 21.2. The summed E-state index contributed by atoms with van der Waals surface area (Å²) >= 11 is 0. The van der Waals surface area contributed by atoms with E-state index in [0.717, 1.165) is 46.8 Å². The fourth-order valence-electron chi connectivity index (χ4n) is 4.25. The SMILES string of the molecule is CC[C@H](C)Oc1ccccc1[C@@H]1Nc2ccccc2NC2=C1C(=O)CC(C)(C)C2. The van der Waals surface area contributed by atoms with Crippen LogP contribution in [0, 0.1) is 5.41 Å². The topological polar surface area (TPSA) is 50.4 Å². The Kier molecular flexibility index (Phi) is 5.12. The lowest BCUT2D eigenvalue weighted by atomic mass is 9.73. The van der Waals surface area contributed by atoms with E-state index in [-0.39, 0.29) is 23.3 Å². The van der Waals surface area contributed by atoms with E-state index in [1.54, 1.807) is 0 Å². The van der Waals surface area contributed by atoms with Crippen LogP contribution in [0.1, 0.15) is 58.6 Å². The Bertz CT molecular complexity index is 961. The summed E-state index contributed by atoms with van der Waals surface area (Å²) in [5.74, 6) is 1.04. The Morgan fingerprint density at radius 3 is 2.52 bits per heavy atom. The molecule has 2 N–H and O–H groups in total. The van der Waals surface area contributed by atoms with Gasteiger partial charge < -0.3 is 15.4 Å². The van der Waals surface area contributed by atoms with E-state index in [1.807, 2.05) is 30.3 Å². The smallest absolute Gasteiger partial charge is 0.163 e. The lowest BCUT2D eigenvalue weighted by Gasteiger charge is -2.34. The molecule has 0 fully saturated rings. The second-order valence-corrected chi connectivity index (χ2v) is 8.96. The maximum atomic E-state index is 13.3. The Morgan fingerprint density at radius 1 is 1.07 bits per heavy atom. The van der Waals surface area contributed by atoms with E-state index in [2.05, 4.69) is 56.5 Å². The average Bonchev–Trinajstić information content (AvgIpc) is 2.83. The number of benzene rings is 2. The molecular formula is C25H30N2O2. The molecule has 0 amide bonds. The van der Waals surface area contributed by atoms with Crippen molar-refractivity contribution in [3.05, 3.63) is 65.4 Å². The molecule has 2 atom stereocenters. The third-order valence-electron chi connectivity index (χ3n) is 5.85. The van der Waals surface area contributed by atoms with Crippen molar-refractivity contribution in [3.63, 3.8) is 0 Å². The van der Waals surface area contributed by atoms with Crippen molar-refractivity contribution in [2.45, 2.75) is 59.1 Å². The average molecular weight is 391 g/mol. The summed E-state index contributed by atoms with van der Waals surface area (Å²) in [7, 11) is 0. The van der Waals surface area contributed by atoms with Gasteiger partial charge in [-0.25, -0.2) is 0 Å². The van der Waals surface area contributed by atoms with Gasteiger partial charge in [-0.2, -0.15) is 0 Å². The molecule has 1 heterocycles. The number of anilines is 2. The third-order valence-corrected chi connectivity index (χ3v) is 5.85. The fraction of sp³-hybridized carbons (Fsp3) is 0.400. The van der Waals surface area contributed by atoms with Gasteiger partial charge in [0.25, 0.3) is 0 Å². The van der Waals surface area contributed by atoms with Crippen LogP contribution >= 0.6 is 0 Å². The zero-order valence-electron chi connectivity index (χ0n) is 17.7. The number of carbonyl (C=O) groups excluding carboxylic acids is 1. The van der Waals surface area contributed by atoms with E-state index in [0.29, 0.717) is 6.42 Å². The van der Waals surface area contributed by atoms with Crippen LogP contribution in [0.4, 0.5) is 11.4 Å². The van der Waals surface area contributed by atoms with Gasteiger partial charge >= 0.3 is 0 Å². The minimum Gasteiger partial charge on any atom is -0.490 e. The molecule has 0 radical (unpaired) electrons. The van der Waals surface area contributed by atoms with Crippen LogP contribution < -0.4 is 15.4 Å². The number of Topliss-reactive ketones (excluding diaryl/α,β-unsaturated/α-hetero) is 1. The Morgan fingerprint density at radius 2 is 1.76 bits per heavy atom. The summed E-state index contributed by atoms with van der Waals surface area (Å²) in [5.41, 5.74) is 4.81. The lowest BCUT2D eigenvalue weighted by Crippen LogP contribution is -2.31. The highest BCUT2D eigenvalue weighted by atomic mass is 16.5. The molecular weight excluding hydrogens is 360 g/mol. The summed E-state index contributed by atoms with van der Waals surface area (Å²) in [6, 6.07) is 16.0. The van der Waals surface area contributed by atoms with Gasteiger partial charge in [0.1, 0.15) is 5.75 Å². The lowest BCUT2D eigenvalue weighted by molar-refractivity contribution is -0.118. The van der Waals surface area contributed by atoms with Crippen LogP contribution in [0.2, 0.25) is 0 Å². The van der Waals surface area contributed by atoms with Crippen LogP contribution in [0.25, 0.3) is 0 Å². The number of ketones is 1. The summed E-state index contributed by atoms with van der Waals surface area (Å²) < 4.78 is 6.24. The first-order valence-electron chi connectivity index (χ1n) is 10.5. The fourth-order valence-corrected chi connectivity index (χ4v) is 4.25. The van der Waals surface area contributed by atoms with Crippen molar-refractivity contribution in [2.24, 2.45) is 5.41 Å². The van der Waals surface area contributed by atoms with E-state index >= 15 is 0 Å². The summed E-state index contributed by atoms with van der Waals surface area (Å²) in [6.07, 6.45) is 2.44. The second-order valence-electron chi connectivity index (χ2n) is 8.96. The van der Waals surface area contributed by atoms with Gasteiger partial charge in [0.15, 0.2) is 5.78 Å². The highest BCUT2D eigenvalue weighted by Crippen LogP contribution is 2.46. The van der Waals surface area contributed by atoms with Crippen molar-refractivity contribution in [3.8, 4) is 5.75 Å². The van der Waals surface area contributed by atoms with Crippen molar-refractivity contribution in [1.29, 1.82) is 0 Å². The molecule has 152 valence electrons. The van der Waals surface area contributed by atoms with Crippen LogP contribution in [-0.4, -0.2) is 11.9 Å². The predicted molar refractivity (Wildman–Crippen MR) is 118 cm³/mol. The standard InChI is InChI=1S/C25H30N2O2/c1-5-16(2)29-22-13-9-6-10-17(22)24-23-20(14-25(3,4)15-21(23)28)26-18-11-7-8-12-19(18)27-24/h6-13,16,24,26-27H,5,14-15H2,1-4H3/t16-,24-/m0/s1. The first-order valence-corrected chi connectivity index (χ1v) is 10.5. The zero-order chi connectivity index (χ0) is 20.6. The highest BCUT2D eigenvalue weighted by molar-refractivity contribution is 6.01. The van der Waals surface area contributed by atoms with Crippen LogP contribution in [0.5, 0.6) is 5.75 Å². The molecule has 0 spiro atoms. The molecule has 1 aliphatic carbocycles. The molecule has 2 aromatic carbocycles. The molecule has 2 aliphatic rings. The molecule has 0 saturated heterocycles. The van der Waals surface area contributed by atoms with Crippen LogP contribution in [-0.2, 0) is 4.79 Å². The number of carbonyl (C=O) groups is 1. The molecule has 4 nitrogen and oxygen atoms in total. The monoisotopic (exact) mass is 390 g/mol. The molecule has 29 heavy (non-hydrogen) atoms. The number of ether oxygens (including phenoxy) is 1. The number of rotatable bonds is 4. The molecule has 0 bridgehead atoms. The number of hydrogen-bond acceptors (Lipinski definition) is 4. The number of fused-ring (bicyclic) bond motifs is 1. The van der Waals surface area contributed by atoms with E-state index in [1.165, 1.54) is 0 Å². The van der Waals surface area contributed by atoms with E-state index in [4.69, 9.17) is 4.74 Å². The third kappa shape index (κ3) is 3.89. The summed E-state index contributed by atoms with van der Waals surface area (Å²) in [4.78, 5) is 13.3. The van der Waals surface area contributed by atoms with E-state index in [9.17, 15) is 4.79 Å². The highest BCUT2D eigenvalue weighted by Gasteiger charge is 2.39. The van der Waals surface area contributed by atoms with Crippen molar-refractivity contribution in [2.75, 3.05) is 10.6 Å². The number of hydrogen-bond donors (Lipinski definition) is 2. The number of nitrogens with one attached hydrogen (secondary N) is 2. The summed E-state index contributed by atoms with van der Waals surface area (Å²) in [6.45, 7) is 8.52. The van der Waals surface area contributed by atoms with Gasteiger partial charge in [-0.3, -0.25) is 4.79 Å². The quantitative estimate of drug-likeness (QED) is 0.664. The molecule has 0 unspecified atom stereocenters. The van der Waals surface area contributed by atoms with Crippen molar-refractivity contribution < 1.29 is 9.53 Å². The molecule has 0 saturated carbocycles. The predicted octanol–water partition coefficient (Wildman–Crippen LogP) is 6.09. The molecule has 1 aliphatic heterocycles. The molecule has 0 aromatic heterocycles. The number of allylic oxidation sites excluding steroid dienone is 1. The molecule has 2 aromatic rings. The number of para-hydroxylation sites is 3. The Labute approximate surface area is 173 Å². The van der Waals surface area contributed by atoms with Gasteiger partial charge in [-0.15, -0.1) is 0 Å². The van der Waals surface area contributed by atoms with Crippen LogP contribution in [0.15, 0.2) is 59.8 Å². The minimum atomic E-state index is -0.245. The maximum Gasteiger partial charge on any atom is 0.163 e. The second kappa shape index (κ2) is 7.58. The summed E-state index contributed by atoms with van der Waals surface area (Å²) in [5, 5.41) is 7.22. The van der Waals surface area contributed by atoms with Gasteiger partial charge in [0.05, 0.1) is 23.5 Å². The van der Waals surface area contributed by atoms with Crippen molar-refractivity contribution >= 4 is 17.2 Å². The largest absolute Gasteiger partial charge is 0.490 e. The van der Waals surface area contributed by atoms with Gasteiger partial charge in [0.2, 0.25) is 0 Å². The Hall–Kier alpha value is -2.75. The van der Waals surface area contributed by atoms with E-state index < -0.39 is 0 Å². The first-order chi connectivity index (χ1) is 13.9. The maximum absolute atomic E-state index is 13.3. The zero-order valence-corrected chi connectivity index (χ0v) is 17.7. The minimum absolute atomic E-state index is 0.0561. The molecule has 4 rings (SSSR count). The van der Waals surface area contributed by atoms with Gasteiger partial charge in [0, 0.05) is 23.3 Å². The Balaban J connectivity index is 1.86. The molecule has 4 heteroatoms. The van der Waals surface area contributed by atoms with Crippen molar-refractivity contribution in [1.82, 2.24) is 0 Å². The first kappa shape index (κ1) is 19.6. The van der Waals surface area contributed by atoms with Gasteiger partial charge in [-0.05, 0) is 43.4 Å².